The highest BCUT2D eigenvalue weighted by Crippen LogP contribution is 2.18. The largest absolute Gasteiger partial charge is 0.477 e. The minimum absolute atomic E-state index is 0.178. The Kier molecular flexibility index (Phi) is 63.7. The van der Waals surface area contributed by atoms with Crippen molar-refractivity contribution < 1.29 is 42.9 Å². The molecular formula is C76H136NO8+. The minimum atomic E-state index is -1.52. The van der Waals surface area contributed by atoms with Crippen LogP contribution in [0.3, 0.4) is 0 Å². The summed E-state index contributed by atoms with van der Waals surface area (Å²) in [4.78, 5) is 37.6. The predicted molar refractivity (Wildman–Crippen MR) is 364 cm³/mol. The summed E-state index contributed by atoms with van der Waals surface area (Å²) in [5.41, 5.74) is 0. The van der Waals surface area contributed by atoms with E-state index >= 15 is 0 Å². The normalized spacial score (nSPS) is 13.2. The number of carbonyl (C=O) groups excluding carboxylic acids is 2. The number of nitrogens with zero attached hydrogens (tertiary/aromatic N) is 1. The van der Waals surface area contributed by atoms with Gasteiger partial charge in [0, 0.05) is 12.8 Å². The molecular weight excluding hydrogens is 1050 g/mol. The molecule has 1 N–H and O–H groups in total. The van der Waals surface area contributed by atoms with E-state index in [0.29, 0.717) is 23.9 Å². The van der Waals surface area contributed by atoms with Gasteiger partial charge in [-0.1, -0.05) is 324 Å². The third kappa shape index (κ3) is 67.8. The van der Waals surface area contributed by atoms with E-state index in [9.17, 15) is 19.5 Å². The van der Waals surface area contributed by atoms with Gasteiger partial charge in [-0.3, -0.25) is 9.59 Å². The Balaban J connectivity index is 4.09. The lowest BCUT2D eigenvalue weighted by Crippen LogP contribution is -2.40. The Labute approximate surface area is 525 Å². The lowest BCUT2D eigenvalue weighted by Gasteiger charge is -2.25. The van der Waals surface area contributed by atoms with Gasteiger partial charge in [-0.25, -0.2) is 4.79 Å². The summed E-state index contributed by atoms with van der Waals surface area (Å²) in [6, 6.07) is 0. The summed E-state index contributed by atoms with van der Waals surface area (Å²) in [5.74, 6) is -2.04. The molecule has 2 unspecified atom stereocenters. The molecule has 0 aliphatic rings. The zero-order chi connectivity index (χ0) is 61.9. The first-order valence-electron chi connectivity index (χ1n) is 35.8. The average Bonchev–Trinajstić information content (AvgIpc) is 3.49. The second-order valence-corrected chi connectivity index (χ2v) is 25.2. The van der Waals surface area contributed by atoms with Crippen LogP contribution in [0.5, 0.6) is 0 Å². The molecule has 2 atom stereocenters. The average molecular weight is 1190 g/mol. The molecule has 0 saturated carbocycles. The molecule has 0 radical (unpaired) electrons. The number of hydrogen-bond donors (Lipinski definition) is 1. The molecule has 0 aromatic heterocycles. The van der Waals surface area contributed by atoms with Crippen molar-refractivity contribution in [2.75, 3.05) is 47.5 Å². The molecule has 0 aliphatic carbocycles. The monoisotopic (exact) mass is 1190 g/mol. The first-order valence-corrected chi connectivity index (χ1v) is 35.8. The Hall–Kier alpha value is -3.53. The van der Waals surface area contributed by atoms with Crippen LogP contribution in [0.25, 0.3) is 0 Å². The van der Waals surface area contributed by atoms with E-state index < -0.39 is 24.3 Å². The van der Waals surface area contributed by atoms with Crippen molar-refractivity contribution in [3.63, 3.8) is 0 Å². The standard InChI is InChI=1S/C76H135NO8/c1-6-8-10-12-14-16-18-20-22-24-26-28-30-32-33-34-35-36-37-38-39-40-41-43-44-46-48-50-52-54-56-58-60-62-64-66-73(78)83-70-72(71-84-76(75(80)81)82-69-68-77(3,4)5)85-74(79)67-65-63-61-59-57-55-53-51-49-47-45-42-31-29-27-25-23-21-19-17-15-13-11-9-7-2/h9,11,15,17,21,23,27,29,42,45,49,51,55,57,72,76H,6-8,10,12-14,16,18-20,22,24-26,28,30-41,43-44,46-48,50,52-54,56,58-71H2,1-5H3/p+1/b11-9-,17-15-,23-21-,29-27-,45-42-,51-49-,57-55-. The molecule has 0 rings (SSSR count). The number of unbranched alkanes of at least 4 members (excludes halogenated alkanes) is 37. The molecule has 0 aromatic rings. The van der Waals surface area contributed by atoms with Gasteiger partial charge in [0.25, 0.3) is 6.29 Å². The lowest BCUT2D eigenvalue weighted by molar-refractivity contribution is -0.870. The van der Waals surface area contributed by atoms with Gasteiger partial charge in [0.2, 0.25) is 0 Å². The number of allylic oxidation sites excluding steroid dienone is 14. The van der Waals surface area contributed by atoms with Crippen LogP contribution >= 0.6 is 0 Å². The van der Waals surface area contributed by atoms with Crippen molar-refractivity contribution in [3.05, 3.63) is 85.1 Å². The number of ether oxygens (including phenoxy) is 4. The molecule has 0 heterocycles. The molecule has 492 valence electrons. The quantitative estimate of drug-likeness (QED) is 0.0211. The van der Waals surface area contributed by atoms with Gasteiger partial charge in [0.1, 0.15) is 13.2 Å². The van der Waals surface area contributed by atoms with E-state index in [0.717, 1.165) is 83.5 Å². The van der Waals surface area contributed by atoms with Crippen molar-refractivity contribution in [3.8, 4) is 0 Å². The van der Waals surface area contributed by atoms with Crippen molar-refractivity contribution >= 4 is 17.9 Å². The fraction of sp³-hybridized carbons (Fsp3) is 0.776. The molecule has 0 aliphatic heterocycles. The maximum Gasteiger partial charge on any atom is 0.361 e. The van der Waals surface area contributed by atoms with E-state index in [1.165, 1.54) is 205 Å². The van der Waals surface area contributed by atoms with Crippen molar-refractivity contribution in [2.24, 2.45) is 0 Å². The second kappa shape index (κ2) is 66.4. The van der Waals surface area contributed by atoms with Crippen molar-refractivity contribution in [1.82, 2.24) is 0 Å². The molecule has 85 heavy (non-hydrogen) atoms. The van der Waals surface area contributed by atoms with Gasteiger partial charge in [-0.2, -0.15) is 0 Å². The summed E-state index contributed by atoms with van der Waals surface area (Å²) in [7, 11) is 5.96. The highest BCUT2D eigenvalue weighted by molar-refractivity contribution is 5.71. The van der Waals surface area contributed by atoms with Gasteiger partial charge in [0.15, 0.2) is 6.10 Å². The zero-order valence-corrected chi connectivity index (χ0v) is 56.3. The van der Waals surface area contributed by atoms with E-state index in [2.05, 4.69) is 98.9 Å². The molecule has 9 heteroatoms. The van der Waals surface area contributed by atoms with Crippen LogP contribution in [0.1, 0.15) is 322 Å². The van der Waals surface area contributed by atoms with Gasteiger partial charge in [-0.05, 0) is 70.6 Å². The van der Waals surface area contributed by atoms with Crippen LogP contribution in [-0.4, -0.2) is 87.4 Å². The molecule has 0 bridgehead atoms. The van der Waals surface area contributed by atoms with Gasteiger partial charge in [-0.15, -0.1) is 0 Å². The number of quaternary nitrogens is 1. The van der Waals surface area contributed by atoms with Gasteiger partial charge in [0.05, 0.1) is 34.4 Å². The molecule has 0 spiro atoms. The number of esters is 2. The predicted octanol–water partition coefficient (Wildman–Crippen LogP) is 22.2. The topological polar surface area (TPSA) is 108 Å². The third-order valence-electron chi connectivity index (χ3n) is 15.7. The number of aliphatic carboxylic acids is 1. The maximum atomic E-state index is 12.9. The van der Waals surface area contributed by atoms with Crippen LogP contribution in [0.4, 0.5) is 0 Å². The molecule has 9 nitrogen and oxygen atoms in total. The zero-order valence-electron chi connectivity index (χ0n) is 56.3. The Morgan fingerprint density at radius 2 is 0.671 bits per heavy atom. The van der Waals surface area contributed by atoms with Crippen LogP contribution in [-0.2, 0) is 33.3 Å². The molecule has 0 aromatic carbocycles. The summed E-state index contributed by atoms with van der Waals surface area (Å²) in [6.07, 6.45) is 87.2. The van der Waals surface area contributed by atoms with E-state index in [1.54, 1.807) is 0 Å². The first-order chi connectivity index (χ1) is 41.6. The number of carbonyl (C=O) groups is 3. The van der Waals surface area contributed by atoms with Crippen LogP contribution in [0.15, 0.2) is 85.1 Å². The summed E-state index contributed by atoms with van der Waals surface area (Å²) < 4.78 is 22.9. The summed E-state index contributed by atoms with van der Waals surface area (Å²) in [6.45, 7) is 4.76. The second-order valence-electron chi connectivity index (χ2n) is 25.2. The van der Waals surface area contributed by atoms with E-state index in [1.807, 2.05) is 21.1 Å². The minimum Gasteiger partial charge on any atom is -0.477 e. The number of hydrogen-bond acceptors (Lipinski definition) is 7. The van der Waals surface area contributed by atoms with Crippen LogP contribution < -0.4 is 0 Å². The fourth-order valence-corrected chi connectivity index (χ4v) is 10.2. The maximum absolute atomic E-state index is 12.9. The summed E-state index contributed by atoms with van der Waals surface area (Å²) >= 11 is 0. The molecule has 0 amide bonds. The Morgan fingerprint density at radius 1 is 0.365 bits per heavy atom. The van der Waals surface area contributed by atoms with E-state index in [4.69, 9.17) is 18.9 Å². The lowest BCUT2D eigenvalue weighted by atomic mass is 10.0. The van der Waals surface area contributed by atoms with Crippen LogP contribution in [0, 0.1) is 0 Å². The Bertz CT molecular complexity index is 1670. The molecule has 0 saturated heterocycles. The van der Waals surface area contributed by atoms with Crippen molar-refractivity contribution in [1.29, 1.82) is 0 Å². The smallest absolute Gasteiger partial charge is 0.361 e. The highest BCUT2D eigenvalue weighted by atomic mass is 16.7. The fourth-order valence-electron chi connectivity index (χ4n) is 10.2. The van der Waals surface area contributed by atoms with Crippen LogP contribution in [0.2, 0.25) is 0 Å². The number of carboxylic acids is 1. The van der Waals surface area contributed by atoms with Crippen molar-refractivity contribution in [2.45, 2.75) is 334 Å². The van der Waals surface area contributed by atoms with E-state index in [-0.39, 0.29) is 32.2 Å². The third-order valence-corrected chi connectivity index (χ3v) is 15.7. The Morgan fingerprint density at radius 3 is 1.00 bits per heavy atom. The highest BCUT2D eigenvalue weighted by Gasteiger charge is 2.25. The number of carboxylic acid groups (broad SMARTS) is 1. The van der Waals surface area contributed by atoms with Gasteiger partial charge >= 0.3 is 17.9 Å². The van der Waals surface area contributed by atoms with Gasteiger partial charge < -0.3 is 28.5 Å². The molecule has 0 fully saturated rings. The number of likely N-dealkylation sites (N-methyl/N-ethyl adjacent to an activating group) is 1. The number of rotatable bonds is 66. The SMILES string of the molecule is CC/C=C\C/C=C\C/C=C\C/C=C\C/C=C\C/C=C\C/C=C\CCCCCC(=O)OC(COC(=O)CCCCCCCCCCCCCCCCCCCCCCCCCCCCCCCCCCCCC)COC(OCC[N+](C)(C)C)C(=O)O. The summed E-state index contributed by atoms with van der Waals surface area (Å²) in [5, 5.41) is 9.74. The first kappa shape index (κ1) is 81.5.